The molecule has 0 N–H and O–H groups in total. The zero-order chi connectivity index (χ0) is 11.4. The summed E-state index contributed by atoms with van der Waals surface area (Å²) in [5.41, 5.74) is 1.25. The number of para-hydroxylation sites is 1. The Labute approximate surface area is 97.3 Å². The lowest BCUT2D eigenvalue weighted by molar-refractivity contribution is -0.123. The summed E-state index contributed by atoms with van der Waals surface area (Å²) in [5.74, 6) is 0.702. The minimum atomic E-state index is 0.249. The summed E-state index contributed by atoms with van der Waals surface area (Å²) >= 11 is 0. The molecule has 2 nitrogen and oxygen atoms in total. The highest BCUT2D eigenvalue weighted by Crippen LogP contribution is 2.23. The van der Waals surface area contributed by atoms with E-state index >= 15 is 0 Å². The Balaban J connectivity index is 2.05. The van der Waals surface area contributed by atoms with Crippen LogP contribution in [0.3, 0.4) is 0 Å². The Morgan fingerprint density at radius 2 is 2.06 bits per heavy atom. The second-order valence-electron chi connectivity index (χ2n) is 4.48. The van der Waals surface area contributed by atoms with Gasteiger partial charge in [0.2, 0.25) is 0 Å². The molecule has 2 heteroatoms. The molecule has 16 heavy (non-hydrogen) atoms. The van der Waals surface area contributed by atoms with Crippen molar-refractivity contribution in [2.24, 2.45) is 5.92 Å². The predicted octanol–water partition coefficient (Wildman–Crippen LogP) is 2.88. The molecule has 0 saturated carbocycles. The molecule has 1 saturated heterocycles. The summed E-state index contributed by atoms with van der Waals surface area (Å²) in [6.07, 6.45) is 2.83. The van der Waals surface area contributed by atoms with Gasteiger partial charge in [-0.1, -0.05) is 31.5 Å². The predicted molar refractivity (Wildman–Crippen MR) is 66.7 cm³/mol. The third kappa shape index (κ3) is 2.43. The second-order valence-corrected chi connectivity index (χ2v) is 4.48. The van der Waals surface area contributed by atoms with E-state index in [4.69, 9.17) is 0 Å². The van der Waals surface area contributed by atoms with Crippen molar-refractivity contribution in [1.82, 2.24) is 0 Å². The number of carbonyl (C=O) groups is 1. The molecule has 0 radical (unpaired) electrons. The summed E-state index contributed by atoms with van der Waals surface area (Å²) in [7, 11) is 0. The van der Waals surface area contributed by atoms with Crippen molar-refractivity contribution in [2.45, 2.75) is 26.2 Å². The fraction of sp³-hybridized carbons (Fsp3) is 0.500. The van der Waals surface area contributed by atoms with Gasteiger partial charge in [0.25, 0.3) is 0 Å². The minimum absolute atomic E-state index is 0.249. The first kappa shape index (κ1) is 11.2. The molecule has 1 aliphatic rings. The molecule has 86 valence electrons. The first-order valence-electron chi connectivity index (χ1n) is 6.14. The highest BCUT2D eigenvalue weighted by Gasteiger charge is 2.26. The second kappa shape index (κ2) is 5.15. The van der Waals surface area contributed by atoms with Crippen LogP contribution in [0.1, 0.15) is 26.2 Å². The Morgan fingerprint density at radius 3 is 2.75 bits per heavy atom. The maximum absolute atomic E-state index is 11.7. The zero-order valence-electron chi connectivity index (χ0n) is 9.86. The van der Waals surface area contributed by atoms with Crippen LogP contribution < -0.4 is 4.90 Å². The lowest BCUT2D eigenvalue weighted by atomic mass is 9.92. The standard InChI is InChI=1S/C14H19NO/c1-2-6-12-11-15(10-9-14(12)16)13-7-4-3-5-8-13/h3-5,7-8,12H,2,6,9-11H2,1H3. The first-order valence-corrected chi connectivity index (χ1v) is 6.14. The summed E-state index contributed by atoms with van der Waals surface area (Å²) in [5, 5.41) is 0. The molecular formula is C14H19NO. The maximum atomic E-state index is 11.7. The van der Waals surface area contributed by atoms with Crippen LogP contribution in [0.5, 0.6) is 0 Å². The normalized spacial score (nSPS) is 21.2. The van der Waals surface area contributed by atoms with Gasteiger partial charge in [-0.05, 0) is 18.6 Å². The first-order chi connectivity index (χ1) is 7.81. The van der Waals surface area contributed by atoms with Crippen LogP contribution in [-0.2, 0) is 4.79 Å². The fourth-order valence-electron chi connectivity index (χ4n) is 2.38. The Kier molecular flexibility index (Phi) is 3.60. The molecule has 2 rings (SSSR count). The average molecular weight is 217 g/mol. The van der Waals surface area contributed by atoms with Crippen molar-refractivity contribution in [3.63, 3.8) is 0 Å². The average Bonchev–Trinajstić information content (AvgIpc) is 2.33. The smallest absolute Gasteiger partial charge is 0.139 e. The largest absolute Gasteiger partial charge is 0.370 e. The van der Waals surface area contributed by atoms with Crippen molar-refractivity contribution >= 4 is 11.5 Å². The molecule has 0 spiro atoms. The van der Waals surface area contributed by atoms with E-state index in [2.05, 4.69) is 36.1 Å². The monoisotopic (exact) mass is 217 g/mol. The number of Topliss-reactive ketones (excluding diaryl/α,β-unsaturated/α-hetero) is 1. The summed E-state index contributed by atoms with van der Waals surface area (Å²) in [6.45, 7) is 3.93. The molecule has 0 aliphatic carbocycles. The van der Waals surface area contributed by atoms with Crippen LogP contribution in [0.25, 0.3) is 0 Å². The zero-order valence-corrected chi connectivity index (χ0v) is 9.86. The number of benzene rings is 1. The quantitative estimate of drug-likeness (QED) is 0.776. The summed E-state index contributed by atoms with van der Waals surface area (Å²) in [6, 6.07) is 10.4. The van der Waals surface area contributed by atoms with Gasteiger partial charge in [-0.2, -0.15) is 0 Å². The van der Waals surface area contributed by atoms with E-state index in [1.165, 1.54) is 5.69 Å². The van der Waals surface area contributed by atoms with Crippen LogP contribution in [0.4, 0.5) is 5.69 Å². The molecule has 1 fully saturated rings. The summed E-state index contributed by atoms with van der Waals surface area (Å²) in [4.78, 5) is 14.1. The van der Waals surface area contributed by atoms with E-state index in [9.17, 15) is 4.79 Å². The lowest BCUT2D eigenvalue weighted by Gasteiger charge is -2.33. The van der Waals surface area contributed by atoms with E-state index in [-0.39, 0.29) is 5.92 Å². The van der Waals surface area contributed by atoms with Crippen molar-refractivity contribution in [2.75, 3.05) is 18.0 Å². The van der Waals surface area contributed by atoms with Gasteiger partial charge in [-0.25, -0.2) is 0 Å². The molecule has 0 bridgehead atoms. The van der Waals surface area contributed by atoms with Gasteiger partial charge in [-0.3, -0.25) is 4.79 Å². The molecule has 1 heterocycles. The van der Waals surface area contributed by atoms with Gasteiger partial charge in [-0.15, -0.1) is 0 Å². The maximum Gasteiger partial charge on any atom is 0.139 e. The molecule has 0 aromatic heterocycles. The molecular weight excluding hydrogens is 198 g/mol. The number of hydrogen-bond donors (Lipinski definition) is 0. The molecule has 1 aromatic rings. The van der Waals surface area contributed by atoms with Crippen LogP contribution in [-0.4, -0.2) is 18.9 Å². The van der Waals surface area contributed by atoms with Crippen LogP contribution in [0, 0.1) is 5.92 Å². The highest BCUT2D eigenvalue weighted by molar-refractivity contribution is 5.83. The van der Waals surface area contributed by atoms with Crippen molar-refractivity contribution in [3.05, 3.63) is 30.3 Å². The number of ketones is 1. The van der Waals surface area contributed by atoms with E-state index in [1.807, 2.05) is 6.07 Å². The molecule has 1 atom stereocenters. The van der Waals surface area contributed by atoms with E-state index in [1.54, 1.807) is 0 Å². The van der Waals surface area contributed by atoms with Gasteiger partial charge in [0, 0.05) is 31.1 Å². The number of piperidine rings is 1. The van der Waals surface area contributed by atoms with Crippen molar-refractivity contribution in [1.29, 1.82) is 0 Å². The molecule has 1 aromatic carbocycles. The van der Waals surface area contributed by atoms with Gasteiger partial charge in [0.1, 0.15) is 5.78 Å². The minimum Gasteiger partial charge on any atom is -0.370 e. The third-order valence-electron chi connectivity index (χ3n) is 3.28. The van der Waals surface area contributed by atoms with Gasteiger partial charge in [0.15, 0.2) is 0 Å². The summed E-state index contributed by atoms with van der Waals surface area (Å²) < 4.78 is 0. The number of nitrogens with zero attached hydrogens (tertiary/aromatic N) is 1. The highest BCUT2D eigenvalue weighted by atomic mass is 16.1. The molecule has 1 aliphatic heterocycles. The molecule has 0 amide bonds. The van der Waals surface area contributed by atoms with Crippen LogP contribution in [0.15, 0.2) is 30.3 Å². The van der Waals surface area contributed by atoms with E-state index in [0.717, 1.165) is 25.9 Å². The van der Waals surface area contributed by atoms with Gasteiger partial charge < -0.3 is 4.90 Å². The number of anilines is 1. The Bertz CT molecular complexity index is 347. The van der Waals surface area contributed by atoms with Gasteiger partial charge in [0.05, 0.1) is 0 Å². The van der Waals surface area contributed by atoms with Crippen LogP contribution >= 0.6 is 0 Å². The topological polar surface area (TPSA) is 20.3 Å². The van der Waals surface area contributed by atoms with Crippen molar-refractivity contribution in [3.8, 4) is 0 Å². The number of carbonyl (C=O) groups excluding carboxylic acids is 1. The van der Waals surface area contributed by atoms with E-state index < -0.39 is 0 Å². The SMILES string of the molecule is CCCC1CN(c2ccccc2)CCC1=O. The van der Waals surface area contributed by atoms with E-state index in [0.29, 0.717) is 12.2 Å². The third-order valence-corrected chi connectivity index (χ3v) is 3.28. The lowest BCUT2D eigenvalue weighted by Crippen LogP contribution is -2.40. The number of rotatable bonds is 3. The van der Waals surface area contributed by atoms with Crippen LogP contribution in [0.2, 0.25) is 0 Å². The Morgan fingerprint density at radius 1 is 1.31 bits per heavy atom. The fourth-order valence-corrected chi connectivity index (χ4v) is 2.38. The number of hydrogen-bond acceptors (Lipinski definition) is 2. The van der Waals surface area contributed by atoms with Crippen molar-refractivity contribution < 1.29 is 4.79 Å². The molecule has 1 unspecified atom stereocenters. The van der Waals surface area contributed by atoms with Gasteiger partial charge >= 0.3 is 0 Å². The Hall–Kier alpha value is -1.31.